The summed E-state index contributed by atoms with van der Waals surface area (Å²) in [6.07, 6.45) is 5.58. The molecule has 1 saturated heterocycles. The van der Waals surface area contributed by atoms with Crippen LogP contribution in [0, 0.1) is 0 Å². The number of rotatable bonds is 5. The van der Waals surface area contributed by atoms with Gasteiger partial charge in [0.2, 0.25) is 5.91 Å². The van der Waals surface area contributed by atoms with Gasteiger partial charge in [0.25, 0.3) is 0 Å². The number of amides is 1. The number of primary amides is 1. The first-order valence-corrected chi connectivity index (χ1v) is 7.73. The predicted molar refractivity (Wildman–Crippen MR) is 83.6 cm³/mol. The summed E-state index contributed by atoms with van der Waals surface area (Å²) in [5.74, 6) is -0.321. The van der Waals surface area contributed by atoms with Gasteiger partial charge >= 0.3 is 0 Å². The lowest BCUT2D eigenvalue weighted by molar-refractivity contribution is -0.120. The SMILES string of the molecule is NC(=O)CN(Cc1cn2cc(Cl)ccc2n1)C1CCOCC1. The van der Waals surface area contributed by atoms with E-state index in [9.17, 15) is 4.79 Å². The monoisotopic (exact) mass is 322 g/mol. The fourth-order valence-electron chi connectivity index (χ4n) is 2.87. The second kappa shape index (κ2) is 6.64. The average Bonchev–Trinajstić information content (AvgIpc) is 2.88. The van der Waals surface area contributed by atoms with Gasteiger partial charge in [0.1, 0.15) is 5.65 Å². The van der Waals surface area contributed by atoms with Crippen molar-refractivity contribution in [1.82, 2.24) is 14.3 Å². The topological polar surface area (TPSA) is 72.9 Å². The van der Waals surface area contributed by atoms with E-state index in [4.69, 9.17) is 22.1 Å². The molecule has 0 aromatic carbocycles. The molecule has 1 aliphatic rings. The zero-order chi connectivity index (χ0) is 15.5. The maximum atomic E-state index is 11.4. The van der Waals surface area contributed by atoms with Gasteiger partial charge in [-0.25, -0.2) is 4.98 Å². The first-order valence-electron chi connectivity index (χ1n) is 7.35. The number of hydrogen-bond donors (Lipinski definition) is 1. The Morgan fingerprint density at radius 3 is 2.91 bits per heavy atom. The molecule has 6 nitrogen and oxygen atoms in total. The zero-order valence-corrected chi connectivity index (χ0v) is 13.0. The van der Waals surface area contributed by atoms with Crippen molar-refractivity contribution in [3.05, 3.63) is 35.2 Å². The molecule has 22 heavy (non-hydrogen) atoms. The van der Waals surface area contributed by atoms with Crippen molar-refractivity contribution in [2.75, 3.05) is 19.8 Å². The van der Waals surface area contributed by atoms with Crippen LogP contribution in [0.4, 0.5) is 0 Å². The van der Waals surface area contributed by atoms with Crippen LogP contribution in [0.15, 0.2) is 24.5 Å². The predicted octanol–water partition coefficient (Wildman–Crippen LogP) is 1.45. The summed E-state index contributed by atoms with van der Waals surface area (Å²) in [5.41, 5.74) is 7.13. The number of imidazole rings is 1. The molecule has 7 heteroatoms. The zero-order valence-electron chi connectivity index (χ0n) is 12.2. The van der Waals surface area contributed by atoms with E-state index < -0.39 is 0 Å². The molecule has 3 rings (SSSR count). The summed E-state index contributed by atoms with van der Waals surface area (Å²) in [7, 11) is 0. The number of hydrogen-bond acceptors (Lipinski definition) is 4. The highest BCUT2D eigenvalue weighted by atomic mass is 35.5. The Balaban J connectivity index is 1.79. The number of carbonyl (C=O) groups is 1. The van der Waals surface area contributed by atoms with Crippen molar-refractivity contribution in [1.29, 1.82) is 0 Å². The summed E-state index contributed by atoms with van der Waals surface area (Å²) < 4.78 is 7.28. The molecule has 1 aliphatic heterocycles. The lowest BCUT2D eigenvalue weighted by atomic mass is 10.1. The van der Waals surface area contributed by atoms with E-state index in [1.807, 2.05) is 28.9 Å². The van der Waals surface area contributed by atoms with E-state index in [-0.39, 0.29) is 12.5 Å². The molecule has 2 N–H and O–H groups in total. The second-order valence-electron chi connectivity index (χ2n) is 5.56. The van der Waals surface area contributed by atoms with Crippen molar-refractivity contribution < 1.29 is 9.53 Å². The largest absolute Gasteiger partial charge is 0.381 e. The first kappa shape index (κ1) is 15.3. The molecule has 0 atom stereocenters. The molecular weight excluding hydrogens is 304 g/mol. The normalized spacial score (nSPS) is 16.5. The van der Waals surface area contributed by atoms with Crippen molar-refractivity contribution in [3.63, 3.8) is 0 Å². The van der Waals surface area contributed by atoms with Crippen molar-refractivity contribution in [2.24, 2.45) is 5.73 Å². The highest BCUT2D eigenvalue weighted by Gasteiger charge is 2.23. The lowest BCUT2D eigenvalue weighted by Gasteiger charge is -2.32. The minimum absolute atomic E-state index is 0.235. The smallest absolute Gasteiger partial charge is 0.231 e. The van der Waals surface area contributed by atoms with Crippen LogP contribution in [0.3, 0.4) is 0 Å². The number of nitrogens with zero attached hydrogens (tertiary/aromatic N) is 3. The maximum absolute atomic E-state index is 11.4. The van der Waals surface area contributed by atoms with Gasteiger partial charge in [-0.05, 0) is 25.0 Å². The molecule has 118 valence electrons. The highest BCUT2D eigenvalue weighted by Crippen LogP contribution is 2.18. The molecule has 0 radical (unpaired) electrons. The van der Waals surface area contributed by atoms with E-state index in [1.165, 1.54) is 0 Å². The molecule has 0 spiro atoms. The minimum Gasteiger partial charge on any atom is -0.381 e. The summed E-state index contributed by atoms with van der Waals surface area (Å²) in [4.78, 5) is 18.0. The Morgan fingerprint density at radius 1 is 1.41 bits per heavy atom. The Hall–Kier alpha value is -1.63. The number of aromatic nitrogens is 2. The van der Waals surface area contributed by atoms with E-state index in [1.54, 1.807) is 0 Å². The van der Waals surface area contributed by atoms with E-state index >= 15 is 0 Å². The second-order valence-corrected chi connectivity index (χ2v) is 6.00. The van der Waals surface area contributed by atoms with Crippen LogP contribution in [0.2, 0.25) is 5.02 Å². The molecule has 2 aromatic heterocycles. The fourth-order valence-corrected chi connectivity index (χ4v) is 3.03. The third-order valence-electron chi connectivity index (χ3n) is 3.90. The first-order chi connectivity index (χ1) is 10.6. The third kappa shape index (κ3) is 3.58. The summed E-state index contributed by atoms with van der Waals surface area (Å²) in [5, 5.41) is 0.662. The van der Waals surface area contributed by atoms with Crippen molar-refractivity contribution in [2.45, 2.75) is 25.4 Å². The van der Waals surface area contributed by atoms with E-state index in [0.717, 1.165) is 37.4 Å². The van der Waals surface area contributed by atoms with Crippen LogP contribution in [0.5, 0.6) is 0 Å². The van der Waals surface area contributed by atoms with Crippen LogP contribution in [-0.4, -0.2) is 46.0 Å². The standard InChI is InChI=1S/C15H19ClN4O2/c16-11-1-2-15-18-12(9-20(15)7-11)8-19(10-14(17)21)13-3-5-22-6-4-13/h1-2,7,9,13H,3-6,8,10H2,(H2,17,21). The van der Waals surface area contributed by atoms with Gasteiger partial charge in [0.15, 0.2) is 0 Å². The molecular formula is C15H19ClN4O2. The third-order valence-corrected chi connectivity index (χ3v) is 4.12. The number of carbonyl (C=O) groups excluding carboxylic acids is 1. The number of halogens is 1. The van der Waals surface area contributed by atoms with Crippen LogP contribution < -0.4 is 5.73 Å². The van der Waals surface area contributed by atoms with Crippen LogP contribution in [0.1, 0.15) is 18.5 Å². The molecule has 1 fully saturated rings. The fraction of sp³-hybridized carbons (Fsp3) is 0.467. The number of pyridine rings is 1. The summed E-state index contributed by atoms with van der Waals surface area (Å²) in [6, 6.07) is 3.99. The van der Waals surface area contributed by atoms with E-state index in [0.29, 0.717) is 17.6 Å². The maximum Gasteiger partial charge on any atom is 0.231 e. The van der Waals surface area contributed by atoms with Crippen LogP contribution in [0.25, 0.3) is 5.65 Å². The Bertz CT molecular complexity index is 667. The van der Waals surface area contributed by atoms with Gasteiger partial charge in [-0.15, -0.1) is 0 Å². The molecule has 3 heterocycles. The average molecular weight is 323 g/mol. The number of nitrogens with two attached hydrogens (primary N) is 1. The van der Waals surface area contributed by atoms with Crippen LogP contribution >= 0.6 is 11.6 Å². The molecule has 0 aliphatic carbocycles. The van der Waals surface area contributed by atoms with Crippen molar-refractivity contribution >= 4 is 23.2 Å². The van der Waals surface area contributed by atoms with Gasteiger partial charge in [0.05, 0.1) is 17.3 Å². The van der Waals surface area contributed by atoms with Gasteiger partial charge in [0, 0.05) is 38.2 Å². The van der Waals surface area contributed by atoms with Gasteiger partial charge in [-0.1, -0.05) is 11.6 Å². The highest BCUT2D eigenvalue weighted by molar-refractivity contribution is 6.30. The van der Waals surface area contributed by atoms with Crippen molar-refractivity contribution in [3.8, 4) is 0 Å². The minimum atomic E-state index is -0.321. The molecule has 1 amide bonds. The number of fused-ring (bicyclic) bond motifs is 1. The summed E-state index contributed by atoms with van der Waals surface area (Å²) >= 11 is 5.99. The van der Waals surface area contributed by atoms with Gasteiger partial charge in [-0.3, -0.25) is 9.69 Å². The number of ether oxygens (including phenoxy) is 1. The van der Waals surface area contributed by atoms with Gasteiger partial charge < -0.3 is 14.9 Å². The molecule has 0 saturated carbocycles. The molecule has 0 unspecified atom stereocenters. The Labute approximate surface area is 133 Å². The Kier molecular flexibility index (Phi) is 4.61. The summed E-state index contributed by atoms with van der Waals surface area (Å²) in [6.45, 7) is 2.27. The molecule has 2 aromatic rings. The Morgan fingerprint density at radius 2 is 2.18 bits per heavy atom. The van der Waals surface area contributed by atoms with Crippen LogP contribution in [-0.2, 0) is 16.1 Å². The van der Waals surface area contributed by atoms with E-state index in [2.05, 4.69) is 9.88 Å². The lowest BCUT2D eigenvalue weighted by Crippen LogP contribution is -2.43. The molecule has 0 bridgehead atoms. The van der Waals surface area contributed by atoms with Gasteiger partial charge in [-0.2, -0.15) is 0 Å². The quantitative estimate of drug-likeness (QED) is 0.904.